The van der Waals surface area contributed by atoms with Gasteiger partial charge in [-0.2, -0.15) is 0 Å². The Hall–Kier alpha value is -1.26. The molecule has 1 rings (SSSR count). The lowest BCUT2D eigenvalue weighted by molar-refractivity contribution is 0.138. The Balaban J connectivity index is 2.39. The van der Waals surface area contributed by atoms with Gasteiger partial charge in [0.15, 0.2) is 0 Å². The van der Waals surface area contributed by atoms with Crippen molar-refractivity contribution >= 4 is 0 Å². The van der Waals surface area contributed by atoms with Gasteiger partial charge < -0.3 is 19.9 Å². The molecule has 1 aromatic carbocycles. The second kappa shape index (κ2) is 9.64. The molecule has 0 fully saturated rings. The fourth-order valence-electron chi connectivity index (χ4n) is 2.32. The van der Waals surface area contributed by atoms with Gasteiger partial charge in [0.2, 0.25) is 0 Å². The molecule has 1 aromatic rings. The highest BCUT2D eigenvalue weighted by molar-refractivity contribution is 5.32. The number of aliphatic hydroxyl groups excluding tert-OH is 1. The van der Waals surface area contributed by atoms with Gasteiger partial charge >= 0.3 is 0 Å². The molecule has 1 unspecified atom stereocenters. The normalized spacial score (nSPS) is 13.7. The van der Waals surface area contributed by atoms with Crippen molar-refractivity contribution in [3.63, 3.8) is 0 Å². The van der Waals surface area contributed by atoms with Crippen LogP contribution in [0.15, 0.2) is 24.3 Å². The zero-order valence-corrected chi connectivity index (χ0v) is 13.5. The van der Waals surface area contributed by atoms with Crippen LogP contribution in [-0.2, 0) is 0 Å². The topological polar surface area (TPSA) is 50.7 Å². The third-order valence-corrected chi connectivity index (χ3v) is 3.84. The number of methoxy groups -OCH3 is 1. The Morgan fingerprint density at radius 3 is 2.62 bits per heavy atom. The van der Waals surface area contributed by atoms with Gasteiger partial charge in [-0.3, -0.25) is 0 Å². The van der Waals surface area contributed by atoms with Crippen LogP contribution in [0, 0.1) is 0 Å². The smallest absolute Gasteiger partial charge is 0.122 e. The first-order valence-corrected chi connectivity index (χ1v) is 7.82. The largest absolute Gasteiger partial charge is 0.497 e. The van der Waals surface area contributed by atoms with Gasteiger partial charge in [0.05, 0.1) is 20.3 Å². The summed E-state index contributed by atoms with van der Waals surface area (Å²) in [4.78, 5) is 0. The highest BCUT2D eigenvalue weighted by atomic mass is 16.5. The van der Waals surface area contributed by atoms with Crippen LogP contribution in [0.1, 0.15) is 39.5 Å². The van der Waals surface area contributed by atoms with Crippen LogP contribution in [0.4, 0.5) is 0 Å². The maximum atomic E-state index is 9.67. The quantitative estimate of drug-likeness (QED) is 0.616. The van der Waals surface area contributed by atoms with E-state index < -0.39 is 0 Å². The van der Waals surface area contributed by atoms with Crippen LogP contribution in [-0.4, -0.2) is 37.5 Å². The summed E-state index contributed by atoms with van der Waals surface area (Å²) in [5, 5.41) is 13.1. The van der Waals surface area contributed by atoms with Crippen molar-refractivity contribution < 1.29 is 14.6 Å². The summed E-state index contributed by atoms with van der Waals surface area (Å²) in [5.41, 5.74) is -0.173. The van der Waals surface area contributed by atoms with Crippen molar-refractivity contribution in [1.29, 1.82) is 0 Å². The molecule has 0 heterocycles. The summed E-state index contributed by atoms with van der Waals surface area (Å²) < 4.78 is 10.9. The van der Waals surface area contributed by atoms with Gasteiger partial charge in [0.1, 0.15) is 11.5 Å². The Bertz CT molecular complexity index is 391. The summed E-state index contributed by atoms with van der Waals surface area (Å²) in [6.07, 6.45) is 3.80. The minimum atomic E-state index is -0.173. The average Bonchev–Trinajstić information content (AvgIpc) is 2.55. The Morgan fingerprint density at radius 2 is 2.00 bits per heavy atom. The van der Waals surface area contributed by atoms with Gasteiger partial charge in [-0.15, -0.1) is 0 Å². The van der Waals surface area contributed by atoms with Crippen LogP contribution < -0.4 is 14.8 Å². The van der Waals surface area contributed by atoms with Crippen molar-refractivity contribution in [3.05, 3.63) is 24.3 Å². The zero-order valence-electron chi connectivity index (χ0n) is 13.5. The maximum absolute atomic E-state index is 9.67. The molecule has 120 valence electrons. The van der Waals surface area contributed by atoms with E-state index in [9.17, 15) is 5.11 Å². The molecule has 0 saturated heterocycles. The fourth-order valence-corrected chi connectivity index (χ4v) is 2.32. The molecule has 0 bridgehead atoms. The number of ether oxygens (including phenoxy) is 2. The fraction of sp³-hybridized carbons (Fsp3) is 0.647. The van der Waals surface area contributed by atoms with E-state index in [1.807, 2.05) is 24.3 Å². The molecule has 0 aliphatic rings. The van der Waals surface area contributed by atoms with Crippen molar-refractivity contribution in [2.75, 3.05) is 26.9 Å². The van der Waals surface area contributed by atoms with Crippen LogP contribution in [0.2, 0.25) is 0 Å². The number of rotatable bonds is 11. The van der Waals surface area contributed by atoms with E-state index >= 15 is 0 Å². The second-order valence-corrected chi connectivity index (χ2v) is 5.35. The zero-order chi connectivity index (χ0) is 15.6. The maximum Gasteiger partial charge on any atom is 0.122 e. The van der Waals surface area contributed by atoms with Gasteiger partial charge in [-0.05, 0) is 44.4 Å². The summed E-state index contributed by atoms with van der Waals surface area (Å²) in [6.45, 7) is 6.00. The van der Waals surface area contributed by atoms with Gasteiger partial charge in [-0.1, -0.05) is 19.9 Å². The predicted molar refractivity (Wildman–Crippen MR) is 86.1 cm³/mol. The van der Waals surface area contributed by atoms with Crippen molar-refractivity contribution in [2.24, 2.45) is 0 Å². The molecular formula is C17H29NO3. The molecule has 0 amide bonds. The Morgan fingerprint density at radius 1 is 1.24 bits per heavy atom. The van der Waals surface area contributed by atoms with Gasteiger partial charge in [0, 0.05) is 11.6 Å². The van der Waals surface area contributed by atoms with E-state index in [1.54, 1.807) is 7.11 Å². The van der Waals surface area contributed by atoms with Crippen molar-refractivity contribution in [1.82, 2.24) is 5.32 Å². The average molecular weight is 295 g/mol. The van der Waals surface area contributed by atoms with E-state index in [2.05, 4.69) is 19.2 Å². The Labute approximate surface area is 128 Å². The molecule has 0 aliphatic carbocycles. The number of hydrogen-bond acceptors (Lipinski definition) is 4. The Kier molecular flexibility index (Phi) is 8.16. The van der Waals surface area contributed by atoms with E-state index in [0.717, 1.165) is 43.7 Å². The van der Waals surface area contributed by atoms with Crippen LogP contribution in [0.25, 0.3) is 0 Å². The lowest BCUT2D eigenvalue weighted by atomic mass is 9.91. The highest BCUT2D eigenvalue weighted by Crippen LogP contribution is 2.21. The standard InChI is InChI=1S/C17H29NO3/c1-4-11-18-17(5-2,14-19)10-7-12-21-16-9-6-8-15(13-16)20-3/h6,8-9,13,18-19H,4-5,7,10-12,14H2,1-3H3. The van der Waals surface area contributed by atoms with Gasteiger partial charge in [-0.25, -0.2) is 0 Å². The molecule has 2 N–H and O–H groups in total. The van der Waals surface area contributed by atoms with Crippen LogP contribution in [0.3, 0.4) is 0 Å². The van der Waals surface area contributed by atoms with Crippen LogP contribution >= 0.6 is 0 Å². The highest BCUT2D eigenvalue weighted by Gasteiger charge is 2.25. The number of hydrogen-bond donors (Lipinski definition) is 2. The lowest BCUT2D eigenvalue weighted by Crippen LogP contribution is -2.48. The molecule has 0 saturated carbocycles. The van der Waals surface area contributed by atoms with Gasteiger partial charge in [0.25, 0.3) is 0 Å². The van der Waals surface area contributed by atoms with Crippen molar-refractivity contribution in [2.45, 2.75) is 45.1 Å². The third kappa shape index (κ3) is 5.94. The molecule has 0 aliphatic heterocycles. The summed E-state index contributed by atoms with van der Waals surface area (Å²) in [6, 6.07) is 7.63. The molecule has 0 radical (unpaired) electrons. The molecule has 1 atom stereocenters. The minimum Gasteiger partial charge on any atom is -0.497 e. The lowest BCUT2D eigenvalue weighted by Gasteiger charge is -2.32. The minimum absolute atomic E-state index is 0.169. The van der Waals surface area contributed by atoms with E-state index in [-0.39, 0.29) is 12.1 Å². The molecule has 0 spiro atoms. The number of aliphatic hydroxyl groups is 1. The summed E-state index contributed by atoms with van der Waals surface area (Å²) in [5.74, 6) is 1.62. The third-order valence-electron chi connectivity index (χ3n) is 3.84. The summed E-state index contributed by atoms with van der Waals surface area (Å²) in [7, 11) is 1.65. The first-order valence-electron chi connectivity index (χ1n) is 7.82. The molecule has 4 nitrogen and oxygen atoms in total. The first-order chi connectivity index (χ1) is 10.2. The molecule has 0 aromatic heterocycles. The SMILES string of the molecule is CCCNC(CC)(CO)CCCOc1cccc(OC)c1. The molecule has 4 heteroatoms. The van der Waals surface area contributed by atoms with Crippen molar-refractivity contribution in [3.8, 4) is 11.5 Å². The predicted octanol–water partition coefficient (Wildman–Crippen LogP) is 2.99. The summed E-state index contributed by atoms with van der Waals surface area (Å²) >= 11 is 0. The molecule has 21 heavy (non-hydrogen) atoms. The molecular weight excluding hydrogens is 266 g/mol. The first kappa shape index (κ1) is 17.8. The second-order valence-electron chi connectivity index (χ2n) is 5.35. The van der Waals surface area contributed by atoms with Crippen LogP contribution in [0.5, 0.6) is 11.5 Å². The number of benzene rings is 1. The number of nitrogens with one attached hydrogen (secondary N) is 1. The van der Waals surface area contributed by atoms with E-state index in [1.165, 1.54) is 0 Å². The van der Waals surface area contributed by atoms with E-state index in [4.69, 9.17) is 9.47 Å². The van der Waals surface area contributed by atoms with E-state index in [0.29, 0.717) is 6.61 Å². The monoisotopic (exact) mass is 295 g/mol.